The maximum absolute atomic E-state index is 10.4. The molecule has 1 unspecified atom stereocenters. The zero-order valence-electron chi connectivity index (χ0n) is 6.50. The van der Waals surface area contributed by atoms with Crippen LogP contribution >= 0.6 is 11.8 Å². The Labute approximate surface area is 70.1 Å². The summed E-state index contributed by atoms with van der Waals surface area (Å²) in [6, 6.07) is 0. The monoisotopic (exact) mass is 176 g/mol. The van der Waals surface area contributed by atoms with Gasteiger partial charge in [-0.1, -0.05) is 0 Å². The van der Waals surface area contributed by atoms with Gasteiger partial charge in [0.15, 0.2) is 0 Å². The number of ether oxygens (including phenoxy) is 1. The predicted octanol–water partition coefficient (Wildman–Crippen LogP) is 0.983. The molecule has 1 rings (SSSR count). The zero-order valence-corrected chi connectivity index (χ0v) is 7.32. The molecule has 0 saturated carbocycles. The van der Waals surface area contributed by atoms with Gasteiger partial charge in [-0.25, -0.2) is 0 Å². The van der Waals surface area contributed by atoms with Gasteiger partial charge in [-0.15, -0.1) is 0 Å². The van der Waals surface area contributed by atoms with Gasteiger partial charge in [0.1, 0.15) is 0 Å². The van der Waals surface area contributed by atoms with E-state index in [2.05, 4.69) is 0 Å². The van der Waals surface area contributed by atoms with Crippen molar-refractivity contribution in [1.29, 1.82) is 0 Å². The fourth-order valence-corrected chi connectivity index (χ4v) is 2.63. The Bertz CT molecular complexity index is 152. The van der Waals surface area contributed by atoms with Crippen LogP contribution in [0.2, 0.25) is 0 Å². The number of thioether (sulfide) groups is 1. The second-order valence-corrected chi connectivity index (χ2v) is 3.87. The van der Waals surface area contributed by atoms with Crippen molar-refractivity contribution in [2.24, 2.45) is 0 Å². The van der Waals surface area contributed by atoms with E-state index in [-0.39, 0.29) is 12.0 Å². The SMILES string of the molecule is COC1(CC(=O)O)CCSC1. The van der Waals surface area contributed by atoms with Crippen LogP contribution in [-0.4, -0.2) is 35.3 Å². The molecule has 1 heterocycles. The van der Waals surface area contributed by atoms with E-state index in [0.717, 1.165) is 17.9 Å². The van der Waals surface area contributed by atoms with Gasteiger partial charge in [-0.05, 0) is 12.2 Å². The summed E-state index contributed by atoms with van der Waals surface area (Å²) in [5, 5.41) is 8.58. The summed E-state index contributed by atoms with van der Waals surface area (Å²) in [4.78, 5) is 10.4. The summed E-state index contributed by atoms with van der Waals surface area (Å²) in [6.07, 6.45) is 0.997. The van der Waals surface area contributed by atoms with Crippen molar-refractivity contribution < 1.29 is 14.6 Å². The second kappa shape index (κ2) is 3.45. The minimum absolute atomic E-state index is 0.135. The number of hydrogen-bond acceptors (Lipinski definition) is 3. The second-order valence-electron chi connectivity index (χ2n) is 2.76. The van der Waals surface area contributed by atoms with Crippen molar-refractivity contribution >= 4 is 17.7 Å². The summed E-state index contributed by atoms with van der Waals surface area (Å²) in [6.45, 7) is 0. The molecule has 1 N–H and O–H groups in total. The highest BCUT2D eigenvalue weighted by molar-refractivity contribution is 7.99. The van der Waals surface area contributed by atoms with Crippen molar-refractivity contribution in [1.82, 2.24) is 0 Å². The molecule has 11 heavy (non-hydrogen) atoms. The van der Waals surface area contributed by atoms with Gasteiger partial charge >= 0.3 is 5.97 Å². The van der Waals surface area contributed by atoms with Crippen LogP contribution < -0.4 is 0 Å². The van der Waals surface area contributed by atoms with Crippen LogP contribution in [0, 0.1) is 0 Å². The molecule has 1 saturated heterocycles. The molecule has 64 valence electrons. The van der Waals surface area contributed by atoms with Gasteiger partial charge in [-0.3, -0.25) is 4.79 Å². The molecule has 0 bridgehead atoms. The number of aliphatic carboxylic acids is 1. The number of methoxy groups -OCH3 is 1. The van der Waals surface area contributed by atoms with Crippen LogP contribution in [0.1, 0.15) is 12.8 Å². The summed E-state index contributed by atoms with van der Waals surface area (Å²) < 4.78 is 5.21. The van der Waals surface area contributed by atoms with Crippen molar-refractivity contribution in [3.63, 3.8) is 0 Å². The molecule has 3 nitrogen and oxygen atoms in total. The van der Waals surface area contributed by atoms with Crippen LogP contribution in [0.5, 0.6) is 0 Å². The molecule has 0 spiro atoms. The first-order valence-electron chi connectivity index (χ1n) is 3.53. The van der Waals surface area contributed by atoms with E-state index >= 15 is 0 Å². The summed E-state index contributed by atoms with van der Waals surface area (Å²) in [5.74, 6) is 1.06. The number of hydrogen-bond donors (Lipinski definition) is 1. The lowest BCUT2D eigenvalue weighted by molar-refractivity contribution is -0.142. The maximum atomic E-state index is 10.4. The number of carboxylic acid groups (broad SMARTS) is 1. The van der Waals surface area contributed by atoms with Gasteiger partial charge < -0.3 is 9.84 Å². The quantitative estimate of drug-likeness (QED) is 0.696. The molecule has 0 aromatic heterocycles. The van der Waals surface area contributed by atoms with E-state index in [1.807, 2.05) is 0 Å². The third kappa shape index (κ3) is 2.10. The Hall–Kier alpha value is -0.220. The van der Waals surface area contributed by atoms with E-state index in [4.69, 9.17) is 9.84 Å². The summed E-state index contributed by atoms with van der Waals surface area (Å²) >= 11 is 1.76. The number of rotatable bonds is 3. The fourth-order valence-electron chi connectivity index (χ4n) is 1.24. The smallest absolute Gasteiger partial charge is 0.306 e. The van der Waals surface area contributed by atoms with E-state index < -0.39 is 5.97 Å². The van der Waals surface area contributed by atoms with E-state index in [9.17, 15) is 4.79 Å². The minimum Gasteiger partial charge on any atom is -0.481 e. The Morgan fingerprint density at radius 3 is 2.91 bits per heavy atom. The van der Waals surface area contributed by atoms with Crippen molar-refractivity contribution in [3.05, 3.63) is 0 Å². The highest BCUT2D eigenvalue weighted by Gasteiger charge is 2.36. The first-order chi connectivity index (χ1) is 5.18. The lowest BCUT2D eigenvalue weighted by Crippen LogP contribution is -2.33. The van der Waals surface area contributed by atoms with Crippen LogP contribution in [-0.2, 0) is 9.53 Å². The summed E-state index contributed by atoms with van der Waals surface area (Å²) in [7, 11) is 1.59. The van der Waals surface area contributed by atoms with Gasteiger partial charge in [-0.2, -0.15) is 11.8 Å². The molecule has 1 aliphatic rings. The summed E-state index contributed by atoms with van der Waals surface area (Å²) in [5.41, 5.74) is -0.378. The highest BCUT2D eigenvalue weighted by Crippen LogP contribution is 2.33. The van der Waals surface area contributed by atoms with Gasteiger partial charge in [0.05, 0.1) is 12.0 Å². The number of carboxylic acids is 1. The van der Waals surface area contributed by atoms with E-state index in [1.54, 1.807) is 18.9 Å². The van der Waals surface area contributed by atoms with Crippen molar-refractivity contribution in [2.75, 3.05) is 18.6 Å². The molecular formula is C7H12O3S. The molecular weight excluding hydrogens is 164 g/mol. The average Bonchev–Trinajstić information content (AvgIpc) is 2.36. The Kier molecular flexibility index (Phi) is 2.78. The molecule has 0 aromatic rings. The highest BCUT2D eigenvalue weighted by atomic mass is 32.2. The minimum atomic E-state index is -0.769. The molecule has 4 heteroatoms. The van der Waals surface area contributed by atoms with Crippen molar-refractivity contribution in [3.8, 4) is 0 Å². The van der Waals surface area contributed by atoms with Crippen LogP contribution in [0.4, 0.5) is 0 Å². The molecule has 0 amide bonds. The van der Waals surface area contributed by atoms with Crippen LogP contribution in [0.15, 0.2) is 0 Å². The third-order valence-corrected chi connectivity index (χ3v) is 3.20. The first-order valence-corrected chi connectivity index (χ1v) is 4.69. The Morgan fingerprint density at radius 1 is 1.82 bits per heavy atom. The third-order valence-electron chi connectivity index (χ3n) is 1.97. The standard InChI is InChI=1S/C7H12O3S/c1-10-7(4-6(8)9)2-3-11-5-7/h2-5H2,1H3,(H,8,9). The van der Waals surface area contributed by atoms with Gasteiger partial charge in [0.25, 0.3) is 0 Å². The van der Waals surface area contributed by atoms with Crippen LogP contribution in [0.25, 0.3) is 0 Å². The zero-order chi connectivity index (χ0) is 8.32. The largest absolute Gasteiger partial charge is 0.481 e. The lowest BCUT2D eigenvalue weighted by atomic mass is 9.99. The lowest BCUT2D eigenvalue weighted by Gasteiger charge is -2.23. The van der Waals surface area contributed by atoms with Gasteiger partial charge in [0, 0.05) is 12.9 Å². The fraction of sp³-hybridized carbons (Fsp3) is 0.857. The van der Waals surface area contributed by atoms with Crippen molar-refractivity contribution in [2.45, 2.75) is 18.4 Å². The van der Waals surface area contributed by atoms with E-state index in [0.29, 0.717) is 0 Å². The molecule has 1 atom stereocenters. The topological polar surface area (TPSA) is 46.5 Å². The molecule has 0 radical (unpaired) electrons. The predicted molar refractivity (Wildman–Crippen MR) is 43.9 cm³/mol. The Morgan fingerprint density at radius 2 is 2.55 bits per heavy atom. The Balaban J connectivity index is 2.52. The average molecular weight is 176 g/mol. The molecule has 1 fully saturated rings. The van der Waals surface area contributed by atoms with E-state index in [1.165, 1.54) is 0 Å². The van der Waals surface area contributed by atoms with Crippen LogP contribution in [0.3, 0.4) is 0 Å². The molecule has 0 aromatic carbocycles. The first kappa shape index (κ1) is 8.87. The normalized spacial score (nSPS) is 30.6. The molecule has 0 aliphatic carbocycles. The van der Waals surface area contributed by atoms with Gasteiger partial charge in [0.2, 0.25) is 0 Å². The maximum Gasteiger partial charge on any atom is 0.306 e. The molecule has 1 aliphatic heterocycles. The number of carbonyl (C=O) groups is 1.